The lowest BCUT2D eigenvalue weighted by atomic mass is 9.99. The van der Waals surface area contributed by atoms with Gasteiger partial charge in [0, 0.05) is 20.1 Å². The van der Waals surface area contributed by atoms with Gasteiger partial charge in [0.25, 0.3) is 0 Å². The third-order valence-corrected chi connectivity index (χ3v) is 4.05. The average molecular weight is 331 g/mol. The van der Waals surface area contributed by atoms with Crippen molar-refractivity contribution in [1.82, 2.24) is 25.0 Å². The van der Waals surface area contributed by atoms with Crippen molar-refractivity contribution < 1.29 is 14.3 Å². The summed E-state index contributed by atoms with van der Waals surface area (Å²) >= 11 is 0. The molecule has 8 nitrogen and oxygen atoms in total. The molecule has 0 fully saturated rings. The summed E-state index contributed by atoms with van der Waals surface area (Å²) in [6, 6.07) is 3.80. The van der Waals surface area contributed by atoms with Crippen molar-refractivity contribution in [2.75, 3.05) is 20.8 Å². The van der Waals surface area contributed by atoms with E-state index in [0.29, 0.717) is 31.2 Å². The number of aryl methyl sites for hydroxylation is 1. The summed E-state index contributed by atoms with van der Waals surface area (Å²) in [5.74, 6) is 1.99. The number of methoxy groups -OCH3 is 2. The van der Waals surface area contributed by atoms with Crippen molar-refractivity contribution in [3.05, 3.63) is 35.4 Å². The Morgan fingerprint density at radius 3 is 2.58 bits per heavy atom. The molecule has 0 saturated carbocycles. The third kappa shape index (κ3) is 3.27. The number of carbonyl (C=O) groups is 1. The first-order valence-electron chi connectivity index (χ1n) is 7.71. The fourth-order valence-corrected chi connectivity index (χ4v) is 2.79. The number of nitrogens with zero attached hydrogens (tertiary/aromatic N) is 4. The van der Waals surface area contributed by atoms with Crippen LogP contribution in [0.25, 0.3) is 0 Å². The Morgan fingerprint density at radius 1 is 1.25 bits per heavy atom. The van der Waals surface area contributed by atoms with Crippen LogP contribution in [0.2, 0.25) is 0 Å². The number of rotatable bonds is 4. The molecule has 0 aliphatic carbocycles. The van der Waals surface area contributed by atoms with Gasteiger partial charge >= 0.3 is 6.03 Å². The maximum Gasteiger partial charge on any atom is 0.318 e. The largest absolute Gasteiger partial charge is 0.493 e. The first kappa shape index (κ1) is 16.1. The zero-order chi connectivity index (χ0) is 17.1. The Hall–Kier alpha value is -2.77. The highest BCUT2D eigenvalue weighted by molar-refractivity contribution is 5.74. The summed E-state index contributed by atoms with van der Waals surface area (Å²) in [5, 5.41) is 7.00. The van der Waals surface area contributed by atoms with E-state index in [1.165, 1.54) is 5.56 Å². The van der Waals surface area contributed by atoms with Crippen molar-refractivity contribution in [3.8, 4) is 11.5 Å². The second-order valence-electron chi connectivity index (χ2n) is 5.64. The molecular weight excluding hydrogens is 310 g/mol. The van der Waals surface area contributed by atoms with E-state index < -0.39 is 0 Å². The molecule has 1 N–H and O–H groups in total. The molecule has 2 heterocycles. The zero-order valence-electron chi connectivity index (χ0n) is 14.1. The van der Waals surface area contributed by atoms with Crippen LogP contribution in [-0.4, -0.2) is 46.5 Å². The second-order valence-corrected chi connectivity index (χ2v) is 5.64. The molecule has 1 aromatic heterocycles. The zero-order valence-corrected chi connectivity index (χ0v) is 14.1. The van der Waals surface area contributed by atoms with Gasteiger partial charge in [-0.05, 0) is 29.7 Å². The molecule has 1 aliphatic rings. The number of fused-ring (bicyclic) bond motifs is 1. The molecule has 128 valence electrons. The molecule has 0 unspecified atom stereocenters. The minimum Gasteiger partial charge on any atom is -0.493 e. The van der Waals surface area contributed by atoms with Gasteiger partial charge in [0.1, 0.15) is 6.33 Å². The number of hydrogen-bond donors (Lipinski definition) is 1. The number of benzene rings is 1. The molecule has 0 atom stereocenters. The topological polar surface area (TPSA) is 81.5 Å². The Morgan fingerprint density at radius 2 is 1.96 bits per heavy atom. The Labute approximate surface area is 140 Å². The van der Waals surface area contributed by atoms with Crippen LogP contribution in [-0.2, 0) is 26.6 Å². The molecule has 0 saturated heterocycles. The van der Waals surface area contributed by atoms with Gasteiger partial charge in [-0.3, -0.25) is 4.68 Å². The maximum atomic E-state index is 12.4. The molecule has 24 heavy (non-hydrogen) atoms. The van der Waals surface area contributed by atoms with Crippen LogP contribution in [0.1, 0.15) is 17.0 Å². The molecule has 1 aliphatic heterocycles. The Kier molecular flexibility index (Phi) is 4.54. The van der Waals surface area contributed by atoms with Crippen molar-refractivity contribution >= 4 is 6.03 Å². The quantitative estimate of drug-likeness (QED) is 0.907. The van der Waals surface area contributed by atoms with Gasteiger partial charge in [0.2, 0.25) is 0 Å². The minimum atomic E-state index is -0.122. The predicted molar refractivity (Wildman–Crippen MR) is 86.9 cm³/mol. The normalized spacial score (nSPS) is 13.4. The van der Waals surface area contributed by atoms with Gasteiger partial charge < -0.3 is 19.7 Å². The smallest absolute Gasteiger partial charge is 0.318 e. The number of ether oxygens (including phenoxy) is 2. The summed E-state index contributed by atoms with van der Waals surface area (Å²) in [6.07, 6.45) is 2.39. The number of aromatic nitrogens is 3. The van der Waals surface area contributed by atoms with Gasteiger partial charge in [-0.15, -0.1) is 0 Å². The molecule has 2 aromatic rings. The van der Waals surface area contributed by atoms with Gasteiger partial charge in [-0.2, -0.15) is 5.10 Å². The summed E-state index contributed by atoms with van der Waals surface area (Å²) in [6.45, 7) is 1.51. The Bertz CT molecular complexity index is 743. The van der Waals surface area contributed by atoms with Crippen molar-refractivity contribution in [2.24, 2.45) is 7.05 Å². The van der Waals surface area contributed by atoms with Crippen LogP contribution in [0.5, 0.6) is 11.5 Å². The molecule has 8 heteroatoms. The number of nitrogens with one attached hydrogen (secondary N) is 1. The highest BCUT2D eigenvalue weighted by atomic mass is 16.5. The first-order valence-corrected chi connectivity index (χ1v) is 7.71. The van der Waals surface area contributed by atoms with E-state index in [-0.39, 0.29) is 6.03 Å². The van der Waals surface area contributed by atoms with E-state index in [9.17, 15) is 4.79 Å². The maximum absolute atomic E-state index is 12.4. The first-order chi connectivity index (χ1) is 11.6. The molecule has 0 radical (unpaired) electrons. The molecular formula is C16H21N5O3. The predicted octanol–water partition coefficient (Wildman–Crippen LogP) is 1.10. The van der Waals surface area contributed by atoms with E-state index in [4.69, 9.17) is 9.47 Å². The monoisotopic (exact) mass is 331 g/mol. The number of amides is 2. The molecule has 1 aromatic carbocycles. The van der Waals surface area contributed by atoms with E-state index in [2.05, 4.69) is 15.4 Å². The SMILES string of the molecule is COc1cc2c(cc1OC)CN(C(=O)NCc1ncn(C)n1)CC2. The molecule has 3 rings (SSSR count). The second kappa shape index (κ2) is 6.77. The van der Waals surface area contributed by atoms with Gasteiger partial charge in [-0.1, -0.05) is 0 Å². The van der Waals surface area contributed by atoms with Crippen LogP contribution in [0.3, 0.4) is 0 Å². The van der Waals surface area contributed by atoms with Crippen molar-refractivity contribution in [3.63, 3.8) is 0 Å². The fourth-order valence-electron chi connectivity index (χ4n) is 2.79. The summed E-state index contributed by atoms with van der Waals surface area (Å²) in [5.41, 5.74) is 2.26. The van der Waals surface area contributed by atoms with Gasteiger partial charge in [0.05, 0.1) is 20.8 Å². The van der Waals surface area contributed by atoms with Crippen LogP contribution in [0.15, 0.2) is 18.5 Å². The van der Waals surface area contributed by atoms with E-state index in [1.54, 1.807) is 37.2 Å². The summed E-state index contributed by atoms with van der Waals surface area (Å²) in [7, 11) is 5.03. The minimum absolute atomic E-state index is 0.122. The van der Waals surface area contributed by atoms with Crippen LogP contribution in [0, 0.1) is 0 Å². The summed E-state index contributed by atoms with van der Waals surface area (Å²) in [4.78, 5) is 18.2. The Balaban J connectivity index is 1.66. The molecule has 0 spiro atoms. The average Bonchev–Trinajstić information content (AvgIpc) is 3.03. The fraction of sp³-hybridized carbons (Fsp3) is 0.438. The van der Waals surface area contributed by atoms with Gasteiger partial charge in [-0.25, -0.2) is 9.78 Å². The van der Waals surface area contributed by atoms with E-state index in [1.807, 2.05) is 12.1 Å². The molecule has 2 amide bonds. The number of hydrogen-bond acceptors (Lipinski definition) is 5. The number of carbonyl (C=O) groups excluding carboxylic acids is 1. The van der Waals surface area contributed by atoms with E-state index >= 15 is 0 Å². The highest BCUT2D eigenvalue weighted by Crippen LogP contribution is 2.33. The van der Waals surface area contributed by atoms with Crippen LogP contribution in [0.4, 0.5) is 4.79 Å². The lowest BCUT2D eigenvalue weighted by molar-refractivity contribution is 0.191. The standard InChI is InChI=1S/C16H21N5O3/c1-20-10-18-15(19-20)8-17-16(22)21-5-4-11-6-13(23-2)14(24-3)7-12(11)9-21/h6-7,10H,4-5,8-9H2,1-3H3,(H,17,22). The lowest BCUT2D eigenvalue weighted by Gasteiger charge is -2.29. The van der Waals surface area contributed by atoms with Crippen molar-refractivity contribution in [1.29, 1.82) is 0 Å². The van der Waals surface area contributed by atoms with E-state index in [0.717, 1.165) is 17.7 Å². The lowest BCUT2D eigenvalue weighted by Crippen LogP contribution is -2.42. The molecule has 0 bridgehead atoms. The van der Waals surface area contributed by atoms with Crippen LogP contribution >= 0.6 is 0 Å². The number of urea groups is 1. The van der Waals surface area contributed by atoms with Gasteiger partial charge in [0.15, 0.2) is 17.3 Å². The third-order valence-electron chi connectivity index (χ3n) is 4.05. The highest BCUT2D eigenvalue weighted by Gasteiger charge is 2.22. The summed E-state index contributed by atoms with van der Waals surface area (Å²) < 4.78 is 12.3. The van der Waals surface area contributed by atoms with Crippen molar-refractivity contribution in [2.45, 2.75) is 19.5 Å². The van der Waals surface area contributed by atoms with Crippen LogP contribution < -0.4 is 14.8 Å².